The standard InChI is InChI=1S/C34H43N5O6/c1-34(2,36-20-26(42)22-41)19-31(43)37-29-16-15-25-7-3-6-10-30(25)39(32(29)44)21-23-11-13-24(14-12-23)27-8-4-5-9-28(27)38-33(45)35-17-18-40/h3-14,26,29,36,40-42H,15-22H2,1-2H3,(H,37,43)(H2,35,38,45)/t26-,29+/m0/s1. The fraction of sp³-hybridized carbons (Fsp3) is 0.382. The summed E-state index contributed by atoms with van der Waals surface area (Å²) in [7, 11) is 0. The summed E-state index contributed by atoms with van der Waals surface area (Å²) >= 11 is 0. The van der Waals surface area contributed by atoms with E-state index in [2.05, 4.69) is 21.3 Å². The van der Waals surface area contributed by atoms with Crippen molar-refractivity contribution in [3.63, 3.8) is 0 Å². The number of urea groups is 1. The molecule has 45 heavy (non-hydrogen) atoms. The first-order valence-corrected chi connectivity index (χ1v) is 15.2. The first kappa shape index (κ1) is 33.6. The fourth-order valence-electron chi connectivity index (χ4n) is 5.33. The van der Waals surface area contributed by atoms with E-state index < -0.39 is 23.7 Å². The van der Waals surface area contributed by atoms with Gasteiger partial charge in [0.05, 0.1) is 31.5 Å². The summed E-state index contributed by atoms with van der Waals surface area (Å²) in [6, 6.07) is 21.9. The molecule has 1 aliphatic heterocycles. The molecule has 2 atom stereocenters. The first-order valence-electron chi connectivity index (χ1n) is 15.2. The topological polar surface area (TPSA) is 163 Å². The highest BCUT2D eigenvalue weighted by atomic mass is 16.3. The fourth-order valence-corrected chi connectivity index (χ4v) is 5.33. The molecule has 0 aromatic heterocycles. The van der Waals surface area contributed by atoms with Gasteiger partial charge in [-0.1, -0.05) is 60.7 Å². The van der Waals surface area contributed by atoms with Gasteiger partial charge in [0, 0.05) is 36.3 Å². The van der Waals surface area contributed by atoms with Gasteiger partial charge in [0.1, 0.15) is 6.04 Å². The number of amides is 4. The number of nitrogens with one attached hydrogen (secondary N) is 4. The SMILES string of the molecule is CC(C)(CC(=O)N[C@@H]1CCc2ccccc2N(Cc2ccc(-c3ccccc3NC(=O)NCCO)cc2)C1=O)NC[C@H](O)CO. The van der Waals surface area contributed by atoms with Crippen LogP contribution in [-0.2, 0) is 22.6 Å². The molecule has 0 unspecified atom stereocenters. The molecule has 0 spiro atoms. The molecule has 0 fully saturated rings. The summed E-state index contributed by atoms with van der Waals surface area (Å²) in [5.41, 5.74) is 4.41. The number of rotatable bonds is 13. The largest absolute Gasteiger partial charge is 0.395 e. The van der Waals surface area contributed by atoms with E-state index in [1.54, 1.807) is 11.0 Å². The molecule has 11 heteroatoms. The van der Waals surface area contributed by atoms with Crippen LogP contribution in [0.3, 0.4) is 0 Å². The van der Waals surface area contributed by atoms with E-state index >= 15 is 0 Å². The van der Waals surface area contributed by atoms with Crippen LogP contribution >= 0.6 is 0 Å². The van der Waals surface area contributed by atoms with Crippen LogP contribution in [0.2, 0.25) is 0 Å². The third kappa shape index (κ3) is 9.35. The molecule has 0 saturated heterocycles. The normalized spacial score (nSPS) is 15.5. The first-order chi connectivity index (χ1) is 21.6. The van der Waals surface area contributed by atoms with Gasteiger partial charge in [-0.05, 0) is 55.5 Å². The van der Waals surface area contributed by atoms with Crippen molar-refractivity contribution in [1.29, 1.82) is 0 Å². The van der Waals surface area contributed by atoms with Gasteiger partial charge in [0.15, 0.2) is 0 Å². The number of carbonyl (C=O) groups is 3. The molecule has 0 aliphatic carbocycles. The Hall–Kier alpha value is -4.29. The Kier molecular flexibility index (Phi) is 11.7. The van der Waals surface area contributed by atoms with Crippen molar-refractivity contribution < 1.29 is 29.7 Å². The number of aliphatic hydroxyl groups is 3. The highest BCUT2D eigenvalue weighted by Gasteiger charge is 2.32. The third-order valence-corrected chi connectivity index (χ3v) is 7.69. The number of benzene rings is 3. The Balaban J connectivity index is 1.49. The summed E-state index contributed by atoms with van der Waals surface area (Å²) in [5, 5.41) is 39.2. The highest BCUT2D eigenvalue weighted by Crippen LogP contribution is 2.31. The summed E-state index contributed by atoms with van der Waals surface area (Å²) < 4.78 is 0. The molecule has 4 amide bonds. The number of aliphatic hydroxyl groups excluding tert-OH is 3. The van der Waals surface area contributed by atoms with Crippen LogP contribution < -0.4 is 26.2 Å². The maximum absolute atomic E-state index is 14.0. The lowest BCUT2D eigenvalue weighted by molar-refractivity contribution is -0.128. The lowest BCUT2D eigenvalue weighted by Crippen LogP contribution is -2.51. The Labute approximate surface area is 263 Å². The molecule has 0 radical (unpaired) electrons. The number of fused-ring (bicyclic) bond motifs is 1. The van der Waals surface area contributed by atoms with Crippen LogP contribution in [0.4, 0.5) is 16.2 Å². The van der Waals surface area contributed by atoms with Gasteiger partial charge in [-0.3, -0.25) is 9.59 Å². The molecular formula is C34H43N5O6. The molecule has 0 saturated carbocycles. The van der Waals surface area contributed by atoms with Gasteiger partial charge < -0.3 is 41.5 Å². The lowest BCUT2D eigenvalue weighted by atomic mass is 9.99. The zero-order valence-electron chi connectivity index (χ0n) is 25.8. The average Bonchev–Trinajstić information content (AvgIpc) is 3.15. The minimum Gasteiger partial charge on any atom is -0.395 e. The van der Waals surface area contributed by atoms with E-state index in [-0.39, 0.29) is 44.5 Å². The minimum atomic E-state index is -0.924. The summed E-state index contributed by atoms with van der Waals surface area (Å²) in [6.45, 7) is 3.73. The Morgan fingerprint density at radius 2 is 1.71 bits per heavy atom. The number of hydrogen-bond acceptors (Lipinski definition) is 7. The number of carbonyl (C=O) groups excluding carboxylic acids is 3. The van der Waals surface area contributed by atoms with E-state index in [0.717, 1.165) is 27.9 Å². The molecule has 0 bridgehead atoms. The average molecular weight is 618 g/mol. The van der Waals surface area contributed by atoms with Crippen LogP contribution in [-0.4, -0.2) is 77.2 Å². The maximum Gasteiger partial charge on any atom is 0.319 e. The summed E-state index contributed by atoms with van der Waals surface area (Å²) in [5.74, 6) is -0.473. The van der Waals surface area contributed by atoms with E-state index in [9.17, 15) is 19.5 Å². The van der Waals surface area contributed by atoms with Crippen LogP contribution in [0.15, 0.2) is 72.8 Å². The monoisotopic (exact) mass is 617 g/mol. The van der Waals surface area contributed by atoms with Crippen molar-refractivity contribution in [2.75, 3.05) is 36.5 Å². The quantitative estimate of drug-likeness (QED) is 0.155. The Morgan fingerprint density at radius 3 is 2.44 bits per heavy atom. The molecule has 1 aliphatic rings. The molecule has 7 N–H and O–H groups in total. The van der Waals surface area contributed by atoms with Gasteiger partial charge in [-0.2, -0.15) is 0 Å². The van der Waals surface area contributed by atoms with Gasteiger partial charge >= 0.3 is 6.03 Å². The number of anilines is 2. The van der Waals surface area contributed by atoms with Gasteiger partial charge in [-0.15, -0.1) is 0 Å². The van der Waals surface area contributed by atoms with E-state index in [1.165, 1.54) is 0 Å². The summed E-state index contributed by atoms with van der Waals surface area (Å²) in [6.07, 6.45) is 0.252. The van der Waals surface area contributed by atoms with Crippen LogP contribution in [0, 0.1) is 0 Å². The molecule has 11 nitrogen and oxygen atoms in total. The van der Waals surface area contributed by atoms with Crippen LogP contribution in [0.25, 0.3) is 11.1 Å². The number of β-amino-alcohol motifs (C(OH)–C–C–N with tert-alkyl or cyclic N) is 1. The number of aryl methyl sites for hydroxylation is 1. The molecular weight excluding hydrogens is 574 g/mol. The number of hydrogen-bond donors (Lipinski definition) is 7. The van der Waals surface area contributed by atoms with Crippen molar-refractivity contribution in [2.24, 2.45) is 0 Å². The molecule has 3 aromatic rings. The molecule has 3 aromatic carbocycles. The molecule has 4 rings (SSSR count). The van der Waals surface area contributed by atoms with E-state index in [1.807, 2.05) is 80.6 Å². The van der Waals surface area contributed by atoms with Crippen LogP contribution in [0.5, 0.6) is 0 Å². The lowest BCUT2D eigenvalue weighted by Gasteiger charge is -2.29. The van der Waals surface area contributed by atoms with Crippen molar-refractivity contribution in [3.8, 4) is 11.1 Å². The van der Waals surface area contributed by atoms with Crippen molar-refractivity contribution in [3.05, 3.63) is 83.9 Å². The van der Waals surface area contributed by atoms with Gasteiger partial charge in [-0.25, -0.2) is 4.79 Å². The van der Waals surface area contributed by atoms with E-state index in [4.69, 9.17) is 10.2 Å². The zero-order chi connectivity index (χ0) is 32.4. The van der Waals surface area contributed by atoms with E-state index in [0.29, 0.717) is 25.1 Å². The maximum atomic E-state index is 14.0. The smallest absolute Gasteiger partial charge is 0.319 e. The van der Waals surface area contributed by atoms with Gasteiger partial charge in [0.2, 0.25) is 11.8 Å². The molecule has 240 valence electrons. The van der Waals surface area contributed by atoms with Crippen molar-refractivity contribution >= 4 is 29.2 Å². The second kappa shape index (κ2) is 15.6. The number of para-hydroxylation sites is 2. The summed E-state index contributed by atoms with van der Waals surface area (Å²) in [4.78, 5) is 41.0. The molecule has 1 heterocycles. The van der Waals surface area contributed by atoms with Crippen LogP contribution in [0.1, 0.15) is 37.8 Å². The van der Waals surface area contributed by atoms with Crippen molar-refractivity contribution in [2.45, 2.75) is 57.3 Å². The Bertz CT molecular complexity index is 1460. The highest BCUT2D eigenvalue weighted by molar-refractivity contribution is 6.00. The zero-order valence-corrected chi connectivity index (χ0v) is 25.8. The third-order valence-electron chi connectivity index (χ3n) is 7.69. The minimum absolute atomic E-state index is 0.0861. The second-order valence-electron chi connectivity index (χ2n) is 11.8. The number of nitrogens with zero attached hydrogens (tertiary/aromatic N) is 1. The second-order valence-corrected chi connectivity index (χ2v) is 11.8. The van der Waals surface area contributed by atoms with Crippen molar-refractivity contribution in [1.82, 2.24) is 16.0 Å². The predicted molar refractivity (Wildman–Crippen MR) is 174 cm³/mol. The Morgan fingerprint density at radius 1 is 1.00 bits per heavy atom. The predicted octanol–water partition coefficient (Wildman–Crippen LogP) is 2.54. The van der Waals surface area contributed by atoms with Gasteiger partial charge in [0.25, 0.3) is 0 Å².